The quantitative estimate of drug-likeness (QED) is 0.484. The number of nitrogens with two attached hydrogens (primary N) is 1. The Kier molecular flexibility index (Phi) is 6.85. The number of carbonyl (C=O) groups is 2. The van der Waals surface area contributed by atoms with Gasteiger partial charge < -0.3 is 30.7 Å². The zero-order valence-electron chi connectivity index (χ0n) is 19.1. The molecule has 0 saturated carbocycles. The third-order valence-corrected chi connectivity index (χ3v) is 5.81. The van der Waals surface area contributed by atoms with Crippen molar-refractivity contribution < 1.29 is 28.2 Å². The lowest BCUT2D eigenvalue weighted by Crippen LogP contribution is -2.34. The van der Waals surface area contributed by atoms with Gasteiger partial charge in [0.25, 0.3) is 5.91 Å². The molecule has 0 aliphatic carbocycles. The molecule has 1 aliphatic heterocycles. The minimum Gasteiger partial charge on any atom is -0.492 e. The first-order chi connectivity index (χ1) is 16.8. The van der Waals surface area contributed by atoms with E-state index in [0.29, 0.717) is 61.5 Å². The van der Waals surface area contributed by atoms with E-state index >= 15 is 0 Å². The number of benzene rings is 2. The number of fused-ring (bicyclic) bond motifs is 1. The molecule has 2 heterocycles. The number of nitrogens with one attached hydrogen (secondary N) is 1. The Bertz CT molecular complexity index is 1290. The monoisotopic (exact) mass is 485 g/mol. The number of halogens is 2. The van der Waals surface area contributed by atoms with Gasteiger partial charge in [-0.1, -0.05) is 0 Å². The number of primary amides is 1. The summed E-state index contributed by atoms with van der Waals surface area (Å²) in [5, 5.41) is 12.7. The Balaban J connectivity index is 1.85. The number of amides is 2. The second-order valence-electron chi connectivity index (χ2n) is 8.04. The van der Waals surface area contributed by atoms with Crippen LogP contribution in [-0.4, -0.2) is 59.8 Å². The van der Waals surface area contributed by atoms with Gasteiger partial charge in [-0.25, -0.2) is 13.6 Å². The van der Waals surface area contributed by atoms with Gasteiger partial charge in [0.1, 0.15) is 17.4 Å². The molecule has 9 nitrogen and oxygen atoms in total. The summed E-state index contributed by atoms with van der Waals surface area (Å²) in [4.78, 5) is 31.3. The lowest BCUT2D eigenvalue weighted by Gasteiger charge is -2.26. The van der Waals surface area contributed by atoms with Crippen LogP contribution in [0.5, 0.6) is 5.75 Å². The summed E-state index contributed by atoms with van der Waals surface area (Å²) in [6, 6.07) is 6.54. The van der Waals surface area contributed by atoms with Crippen molar-refractivity contribution in [3.8, 4) is 5.75 Å². The second kappa shape index (κ2) is 10.00. The van der Waals surface area contributed by atoms with Crippen LogP contribution in [0.3, 0.4) is 0 Å². The minimum atomic E-state index is -0.974. The highest BCUT2D eigenvalue weighted by Crippen LogP contribution is 2.38. The average molecular weight is 485 g/mol. The van der Waals surface area contributed by atoms with Crippen LogP contribution < -0.4 is 20.7 Å². The van der Waals surface area contributed by atoms with Gasteiger partial charge in [-0.15, -0.1) is 0 Å². The Morgan fingerprint density at radius 2 is 1.97 bits per heavy atom. The SMILES string of the molecule is CCOc1cc2ncc(C(N)=O)c(Nc3ccc(F)cc3F)c2cc1N1CCCN(C(=O)O)CC1. The Hall–Kier alpha value is -4.15. The molecule has 1 fully saturated rings. The topological polar surface area (TPSA) is 121 Å². The number of hydrogen-bond acceptors (Lipinski definition) is 6. The van der Waals surface area contributed by atoms with E-state index in [4.69, 9.17) is 10.5 Å². The number of anilines is 3. The highest BCUT2D eigenvalue weighted by molar-refractivity contribution is 6.08. The zero-order chi connectivity index (χ0) is 25.1. The lowest BCUT2D eigenvalue weighted by molar-refractivity contribution is 0.100. The molecule has 0 radical (unpaired) electrons. The van der Waals surface area contributed by atoms with E-state index in [1.165, 1.54) is 17.2 Å². The second-order valence-corrected chi connectivity index (χ2v) is 8.04. The smallest absolute Gasteiger partial charge is 0.407 e. The summed E-state index contributed by atoms with van der Waals surface area (Å²) in [6.07, 6.45) is 0.931. The highest BCUT2D eigenvalue weighted by Gasteiger charge is 2.23. The average Bonchev–Trinajstić information content (AvgIpc) is 3.07. The van der Waals surface area contributed by atoms with Crippen molar-refractivity contribution in [3.63, 3.8) is 0 Å². The van der Waals surface area contributed by atoms with Gasteiger partial charge in [0.2, 0.25) is 0 Å². The molecule has 1 saturated heterocycles. The van der Waals surface area contributed by atoms with E-state index in [-0.39, 0.29) is 16.9 Å². The number of carbonyl (C=O) groups excluding carboxylic acids is 1. The van der Waals surface area contributed by atoms with Crippen molar-refractivity contribution >= 4 is 40.0 Å². The van der Waals surface area contributed by atoms with Crippen LogP contribution in [0.1, 0.15) is 23.7 Å². The van der Waals surface area contributed by atoms with Crippen molar-refractivity contribution in [2.75, 3.05) is 43.0 Å². The van der Waals surface area contributed by atoms with Gasteiger partial charge in [0.15, 0.2) is 0 Å². The van der Waals surface area contributed by atoms with Crippen molar-refractivity contribution in [1.82, 2.24) is 9.88 Å². The number of ether oxygens (including phenoxy) is 1. The molecule has 4 rings (SSSR count). The Morgan fingerprint density at radius 1 is 1.17 bits per heavy atom. The van der Waals surface area contributed by atoms with Crippen molar-refractivity contribution in [2.45, 2.75) is 13.3 Å². The molecule has 0 spiro atoms. The maximum absolute atomic E-state index is 14.4. The Labute approximate surface area is 200 Å². The predicted octanol–water partition coefficient (Wildman–Crippen LogP) is 3.94. The van der Waals surface area contributed by atoms with Gasteiger partial charge in [-0.2, -0.15) is 0 Å². The van der Waals surface area contributed by atoms with Crippen LogP contribution >= 0.6 is 0 Å². The molecule has 4 N–H and O–H groups in total. The predicted molar refractivity (Wildman–Crippen MR) is 127 cm³/mol. The molecule has 0 bridgehead atoms. The van der Waals surface area contributed by atoms with Crippen molar-refractivity contribution in [1.29, 1.82) is 0 Å². The standard InChI is InChI=1S/C24H25F2N5O4/c1-2-35-21-12-19-15(11-20(21)30-6-3-7-31(9-8-30)24(33)34)22(16(13-28-19)23(27)32)29-18-5-4-14(25)10-17(18)26/h4-5,10-13H,2-3,6-9H2,1H3,(H2,27,32)(H,28,29)(H,33,34). The van der Waals surface area contributed by atoms with Crippen LogP contribution in [0.4, 0.5) is 30.6 Å². The van der Waals surface area contributed by atoms with Crippen LogP contribution in [0.2, 0.25) is 0 Å². The van der Waals surface area contributed by atoms with Crippen LogP contribution in [-0.2, 0) is 0 Å². The van der Waals surface area contributed by atoms with E-state index < -0.39 is 23.6 Å². The zero-order valence-corrected chi connectivity index (χ0v) is 19.1. The van der Waals surface area contributed by atoms with E-state index in [2.05, 4.69) is 10.3 Å². The van der Waals surface area contributed by atoms with E-state index in [0.717, 1.165) is 12.1 Å². The van der Waals surface area contributed by atoms with Gasteiger partial charge in [-0.3, -0.25) is 9.78 Å². The Morgan fingerprint density at radius 3 is 2.66 bits per heavy atom. The molecule has 1 aliphatic rings. The van der Waals surface area contributed by atoms with Crippen LogP contribution in [0, 0.1) is 11.6 Å². The fraction of sp³-hybridized carbons (Fsp3) is 0.292. The van der Waals surface area contributed by atoms with E-state index in [1.807, 2.05) is 11.8 Å². The van der Waals surface area contributed by atoms with E-state index in [9.17, 15) is 23.5 Å². The molecule has 11 heteroatoms. The molecule has 35 heavy (non-hydrogen) atoms. The van der Waals surface area contributed by atoms with Gasteiger partial charge in [0, 0.05) is 49.9 Å². The number of pyridine rings is 1. The number of rotatable bonds is 6. The maximum atomic E-state index is 14.4. The van der Waals surface area contributed by atoms with Crippen molar-refractivity contribution in [3.05, 3.63) is 53.7 Å². The molecule has 0 unspecified atom stereocenters. The molecule has 2 amide bonds. The van der Waals surface area contributed by atoms with Gasteiger partial charge >= 0.3 is 6.09 Å². The first-order valence-corrected chi connectivity index (χ1v) is 11.1. The van der Waals surface area contributed by atoms with Crippen LogP contribution in [0.15, 0.2) is 36.5 Å². The summed E-state index contributed by atoms with van der Waals surface area (Å²) in [6.45, 7) is 3.96. The first-order valence-electron chi connectivity index (χ1n) is 11.1. The molecule has 1 aromatic heterocycles. The fourth-order valence-electron chi connectivity index (χ4n) is 4.12. The van der Waals surface area contributed by atoms with E-state index in [1.54, 1.807) is 12.1 Å². The normalized spacial score (nSPS) is 14.0. The molecule has 184 valence electrons. The summed E-state index contributed by atoms with van der Waals surface area (Å²) < 4.78 is 33.7. The minimum absolute atomic E-state index is 0.0317. The number of hydrogen-bond donors (Lipinski definition) is 3. The summed E-state index contributed by atoms with van der Waals surface area (Å²) in [5.41, 5.74) is 6.94. The van der Waals surface area contributed by atoms with Gasteiger partial charge in [-0.05, 0) is 31.5 Å². The molecular weight excluding hydrogens is 460 g/mol. The molecule has 3 aromatic rings. The first kappa shape index (κ1) is 24.0. The third-order valence-electron chi connectivity index (χ3n) is 5.81. The third kappa shape index (κ3) is 5.03. The highest BCUT2D eigenvalue weighted by atomic mass is 19.1. The molecule has 0 atom stereocenters. The van der Waals surface area contributed by atoms with Gasteiger partial charge in [0.05, 0.1) is 34.7 Å². The summed E-state index contributed by atoms with van der Waals surface area (Å²) in [5.74, 6) is -1.80. The number of carboxylic acid groups (broad SMARTS) is 1. The maximum Gasteiger partial charge on any atom is 0.407 e. The number of nitrogens with zero attached hydrogens (tertiary/aromatic N) is 3. The van der Waals surface area contributed by atoms with Crippen LogP contribution in [0.25, 0.3) is 10.9 Å². The summed E-state index contributed by atoms with van der Waals surface area (Å²) >= 11 is 0. The van der Waals surface area contributed by atoms with Crippen molar-refractivity contribution in [2.24, 2.45) is 5.73 Å². The lowest BCUT2D eigenvalue weighted by atomic mass is 10.1. The summed E-state index contributed by atoms with van der Waals surface area (Å²) in [7, 11) is 0. The largest absolute Gasteiger partial charge is 0.492 e. The number of aromatic nitrogens is 1. The molecule has 2 aromatic carbocycles. The molecular formula is C24H25F2N5O4. The fourth-order valence-corrected chi connectivity index (χ4v) is 4.12.